The number of carboxylic acids is 1. The predicted molar refractivity (Wildman–Crippen MR) is 141 cm³/mol. The number of rotatable bonds is 7. The van der Waals surface area contributed by atoms with Crippen molar-refractivity contribution in [3.05, 3.63) is 73.6 Å². The number of carbonyl (C=O) groups is 2. The van der Waals surface area contributed by atoms with Crippen LogP contribution in [0.4, 0.5) is 11.4 Å². The largest absolute Gasteiger partial charge is 0.480 e. The van der Waals surface area contributed by atoms with Crippen molar-refractivity contribution in [3.63, 3.8) is 0 Å². The number of fused-ring (bicyclic) bond motifs is 1. The van der Waals surface area contributed by atoms with Crippen LogP contribution < -0.4 is 15.0 Å². The van der Waals surface area contributed by atoms with Gasteiger partial charge in [0.1, 0.15) is 23.8 Å². The first-order valence-corrected chi connectivity index (χ1v) is 11.7. The second kappa shape index (κ2) is 10.1. The number of benzene rings is 2. The van der Waals surface area contributed by atoms with E-state index in [1.807, 2.05) is 47.2 Å². The number of hydrogen-bond donors (Lipinski definition) is 3. The number of likely N-dealkylation sites (N-methyl/N-ethyl adjacent to an activating group) is 1. The lowest BCUT2D eigenvalue weighted by Gasteiger charge is -2.39. The van der Waals surface area contributed by atoms with Gasteiger partial charge in [-0.3, -0.25) is 4.79 Å². The van der Waals surface area contributed by atoms with Gasteiger partial charge in [-0.1, -0.05) is 24.8 Å². The molecule has 37 heavy (non-hydrogen) atoms. The van der Waals surface area contributed by atoms with Gasteiger partial charge in [0.2, 0.25) is 11.8 Å². The monoisotopic (exact) mass is 498 g/mol. The Morgan fingerprint density at radius 3 is 2.73 bits per heavy atom. The fourth-order valence-corrected chi connectivity index (χ4v) is 4.37. The predicted octanol–water partition coefficient (Wildman–Crippen LogP) is 3.75. The second-order valence-corrected chi connectivity index (χ2v) is 8.80. The van der Waals surface area contributed by atoms with E-state index < -0.39 is 12.0 Å². The first-order valence-electron chi connectivity index (χ1n) is 11.7. The van der Waals surface area contributed by atoms with Crippen LogP contribution in [0.25, 0.3) is 22.3 Å². The third-order valence-corrected chi connectivity index (χ3v) is 6.27. The molecule has 5 rings (SSSR count). The molecule has 1 atom stereocenters. The minimum absolute atomic E-state index is 0.311. The lowest BCUT2D eigenvalue weighted by molar-refractivity contribution is -0.139. The summed E-state index contributed by atoms with van der Waals surface area (Å²) in [5.74, 6) is -0.257. The number of aromatic amines is 1. The summed E-state index contributed by atoms with van der Waals surface area (Å²) in [5, 5.41) is 13.1. The summed E-state index contributed by atoms with van der Waals surface area (Å²) in [6.45, 7) is 5.39. The fraction of sp³-hybridized carbons (Fsp3) is 0.185. The van der Waals surface area contributed by atoms with E-state index in [-0.39, 0.29) is 5.91 Å². The Hall–Kier alpha value is -4.70. The number of carbonyl (C=O) groups excluding carboxylic acids is 1. The SMILES string of the molecule is C=CC(=O)Nc1cccc(Oc2ncnc3[nH]c(-c4ccc(N5CCN(C)CC5C(=O)O)cc4)cc23)c1. The van der Waals surface area contributed by atoms with Crippen molar-refractivity contribution < 1.29 is 19.4 Å². The second-order valence-electron chi connectivity index (χ2n) is 8.80. The minimum atomic E-state index is -0.828. The number of ether oxygens (including phenoxy) is 1. The summed E-state index contributed by atoms with van der Waals surface area (Å²) in [6, 6.07) is 16.1. The van der Waals surface area contributed by atoms with E-state index in [0.29, 0.717) is 41.4 Å². The first kappa shape index (κ1) is 24.0. The number of nitrogens with one attached hydrogen (secondary N) is 2. The molecule has 3 heterocycles. The van der Waals surface area contributed by atoms with Gasteiger partial charge in [0.15, 0.2) is 0 Å². The summed E-state index contributed by atoms with van der Waals surface area (Å²) in [4.78, 5) is 39.3. The Morgan fingerprint density at radius 1 is 1.16 bits per heavy atom. The molecule has 1 aliphatic heterocycles. The lowest BCUT2D eigenvalue weighted by Crippen LogP contribution is -2.55. The number of piperazine rings is 1. The molecule has 2 aromatic carbocycles. The molecule has 3 N–H and O–H groups in total. The van der Waals surface area contributed by atoms with E-state index in [9.17, 15) is 14.7 Å². The van der Waals surface area contributed by atoms with Crippen molar-refractivity contribution in [2.24, 2.45) is 0 Å². The minimum Gasteiger partial charge on any atom is -0.480 e. The highest BCUT2D eigenvalue weighted by molar-refractivity contribution is 5.99. The molecule has 0 spiro atoms. The van der Waals surface area contributed by atoms with E-state index in [4.69, 9.17) is 4.74 Å². The molecule has 1 amide bonds. The Kier molecular flexibility index (Phi) is 6.57. The molecule has 0 aliphatic carbocycles. The number of nitrogens with zero attached hydrogens (tertiary/aromatic N) is 4. The highest BCUT2D eigenvalue weighted by Crippen LogP contribution is 2.32. The smallest absolute Gasteiger partial charge is 0.327 e. The van der Waals surface area contributed by atoms with Crippen LogP contribution in [0.1, 0.15) is 0 Å². The maximum Gasteiger partial charge on any atom is 0.327 e. The molecule has 1 aliphatic rings. The third kappa shape index (κ3) is 5.14. The van der Waals surface area contributed by atoms with E-state index in [1.54, 1.807) is 24.3 Å². The Morgan fingerprint density at radius 2 is 1.97 bits per heavy atom. The highest BCUT2D eigenvalue weighted by atomic mass is 16.5. The van der Waals surface area contributed by atoms with Crippen LogP contribution in [0.2, 0.25) is 0 Å². The van der Waals surface area contributed by atoms with Crippen LogP contribution in [0.15, 0.2) is 73.6 Å². The van der Waals surface area contributed by atoms with Gasteiger partial charge in [-0.05, 0) is 49.0 Å². The summed E-state index contributed by atoms with van der Waals surface area (Å²) in [7, 11) is 1.94. The molecule has 1 unspecified atom stereocenters. The molecule has 10 heteroatoms. The van der Waals surface area contributed by atoms with Gasteiger partial charge in [-0.2, -0.15) is 0 Å². The van der Waals surface area contributed by atoms with Gasteiger partial charge >= 0.3 is 5.97 Å². The Bertz CT molecular complexity index is 1470. The third-order valence-electron chi connectivity index (χ3n) is 6.27. The van der Waals surface area contributed by atoms with Crippen LogP contribution in [-0.4, -0.2) is 69.6 Å². The average molecular weight is 499 g/mol. The molecule has 2 aromatic heterocycles. The summed E-state index contributed by atoms with van der Waals surface area (Å²) >= 11 is 0. The zero-order chi connectivity index (χ0) is 25.9. The molecule has 4 aromatic rings. The summed E-state index contributed by atoms with van der Waals surface area (Å²) in [5.41, 5.74) is 3.81. The van der Waals surface area contributed by atoms with Gasteiger partial charge < -0.3 is 29.9 Å². The first-order chi connectivity index (χ1) is 17.9. The van der Waals surface area contributed by atoms with E-state index in [1.165, 1.54) is 12.4 Å². The number of amides is 1. The number of carboxylic acid groups (broad SMARTS) is 1. The van der Waals surface area contributed by atoms with Crippen molar-refractivity contribution in [2.75, 3.05) is 36.9 Å². The fourth-order valence-electron chi connectivity index (χ4n) is 4.37. The Labute approximate surface area is 213 Å². The van der Waals surface area contributed by atoms with Crippen molar-refractivity contribution >= 4 is 34.3 Å². The topological polar surface area (TPSA) is 124 Å². The summed E-state index contributed by atoms with van der Waals surface area (Å²) < 4.78 is 6.02. The highest BCUT2D eigenvalue weighted by Gasteiger charge is 2.31. The normalized spacial score (nSPS) is 15.9. The van der Waals surface area contributed by atoms with Gasteiger partial charge in [-0.25, -0.2) is 14.8 Å². The molecule has 0 bridgehead atoms. The Balaban J connectivity index is 1.39. The average Bonchev–Trinajstić information content (AvgIpc) is 3.34. The standard InChI is InChI=1S/C27H26N6O4/c1-3-24(34)30-18-5-4-6-20(13-18)37-26-21-14-22(31-25(21)28-16-29-26)17-7-9-19(10-8-17)33-12-11-32(2)15-23(33)27(35)36/h3-10,13-14,16,23H,1,11-12,15H2,2H3,(H,30,34)(H,35,36)(H,28,29,31). The zero-order valence-corrected chi connectivity index (χ0v) is 20.2. The molecular formula is C27H26N6O4. The molecule has 1 fully saturated rings. The van der Waals surface area contributed by atoms with E-state index >= 15 is 0 Å². The van der Waals surface area contributed by atoms with Gasteiger partial charge in [-0.15, -0.1) is 0 Å². The number of aromatic nitrogens is 3. The van der Waals surface area contributed by atoms with Gasteiger partial charge in [0, 0.05) is 42.8 Å². The molecule has 10 nitrogen and oxygen atoms in total. The van der Waals surface area contributed by atoms with Crippen LogP contribution >= 0.6 is 0 Å². The number of hydrogen-bond acceptors (Lipinski definition) is 7. The van der Waals surface area contributed by atoms with Crippen molar-refractivity contribution in [2.45, 2.75) is 6.04 Å². The molecule has 0 radical (unpaired) electrons. The van der Waals surface area contributed by atoms with Gasteiger partial charge in [0.05, 0.1) is 5.39 Å². The van der Waals surface area contributed by atoms with Gasteiger partial charge in [0.25, 0.3) is 0 Å². The molecule has 188 valence electrons. The maximum atomic E-state index is 11.8. The van der Waals surface area contributed by atoms with Crippen molar-refractivity contribution in [1.29, 1.82) is 0 Å². The van der Waals surface area contributed by atoms with E-state index in [0.717, 1.165) is 23.5 Å². The molecule has 1 saturated heterocycles. The number of H-pyrrole nitrogens is 1. The van der Waals surface area contributed by atoms with Crippen LogP contribution in [0.3, 0.4) is 0 Å². The zero-order valence-electron chi connectivity index (χ0n) is 20.2. The van der Waals surface area contributed by atoms with Crippen LogP contribution in [0.5, 0.6) is 11.6 Å². The number of anilines is 2. The van der Waals surface area contributed by atoms with Crippen LogP contribution in [0, 0.1) is 0 Å². The lowest BCUT2D eigenvalue weighted by atomic mass is 10.1. The molecule has 0 saturated carbocycles. The van der Waals surface area contributed by atoms with Crippen LogP contribution in [-0.2, 0) is 9.59 Å². The van der Waals surface area contributed by atoms with Crippen molar-refractivity contribution in [3.8, 4) is 22.9 Å². The molecular weight excluding hydrogens is 472 g/mol. The summed E-state index contributed by atoms with van der Waals surface area (Å²) in [6.07, 6.45) is 2.62. The quantitative estimate of drug-likeness (QED) is 0.329. The maximum absolute atomic E-state index is 11.8. The van der Waals surface area contributed by atoms with Crippen molar-refractivity contribution in [1.82, 2.24) is 19.9 Å². The van der Waals surface area contributed by atoms with E-state index in [2.05, 4.69) is 26.8 Å². The number of aliphatic carboxylic acids is 1.